The highest BCUT2D eigenvalue weighted by Gasteiger charge is 2.21. The minimum absolute atomic E-state index is 0.245. The second-order valence-corrected chi connectivity index (χ2v) is 4.76. The van der Waals surface area contributed by atoms with Crippen molar-refractivity contribution in [3.8, 4) is 0 Å². The standard InChI is InChI=1S/C14H18N2O2/c17-14-2-1-7-16(14)13-5-3-12(4-6-13)15-8-10-18-11-9-15/h3-6H,1-2,7-11H2. The Bertz CT molecular complexity index is 424. The monoisotopic (exact) mass is 246 g/mol. The molecule has 0 atom stereocenters. The van der Waals surface area contributed by atoms with Crippen LogP contribution in [0, 0.1) is 0 Å². The molecule has 2 fully saturated rings. The minimum atomic E-state index is 0.245. The largest absolute Gasteiger partial charge is 0.378 e. The maximum absolute atomic E-state index is 11.7. The number of benzene rings is 1. The van der Waals surface area contributed by atoms with Gasteiger partial charge in [-0.15, -0.1) is 0 Å². The maximum Gasteiger partial charge on any atom is 0.227 e. The number of carbonyl (C=O) groups excluding carboxylic acids is 1. The van der Waals surface area contributed by atoms with Crippen molar-refractivity contribution in [1.82, 2.24) is 0 Å². The van der Waals surface area contributed by atoms with Crippen LogP contribution in [0.2, 0.25) is 0 Å². The lowest BCUT2D eigenvalue weighted by Crippen LogP contribution is -2.36. The zero-order valence-electron chi connectivity index (χ0n) is 10.5. The molecule has 0 saturated carbocycles. The number of amides is 1. The van der Waals surface area contributed by atoms with Crippen molar-refractivity contribution < 1.29 is 9.53 Å². The lowest BCUT2D eigenvalue weighted by atomic mass is 10.2. The van der Waals surface area contributed by atoms with Gasteiger partial charge in [-0.05, 0) is 30.7 Å². The highest BCUT2D eigenvalue weighted by Crippen LogP contribution is 2.24. The van der Waals surface area contributed by atoms with E-state index in [1.807, 2.05) is 17.0 Å². The fourth-order valence-corrected chi connectivity index (χ4v) is 2.59. The molecule has 0 unspecified atom stereocenters. The highest BCUT2D eigenvalue weighted by atomic mass is 16.5. The first-order valence-corrected chi connectivity index (χ1v) is 6.58. The smallest absolute Gasteiger partial charge is 0.227 e. The molecule has 0 aliphatic carbocycles. The Balaban J connectivity index is 1.74. The van der Waals surface area contributed by atoms with Gasteiger partial charge < -0.3 is 14.5 Å². The Morgan fingerprint density at radius 3 is 2.22 bits per heavy atom. The molecule has 2 heterocycles. The zero-order valence-corrected chi connectivity index (χ0v) is 10.5. The van der Waals surface area contributed by atoms with E-state index in [9.17, 15) is 4.79 Å². The molecule has 2 aliphatic rings. The van der Waals surface area contributed by atoms with Gasteiger partial charge in [-0.3, -0.25) is 4.79 Å². The summed E-state index contributed by atoms with van der Waals surface area (Å²) in [4.78, 5) is 15.9. The first kappa shape index (κ1) is 11.5. The van der Waals surface area contributed by atoms with Crippen molar-refractivity contribution in [2.24, 2.45) is 0 Å². The van der Waals surface area contributed by atoms with Gasteiger partial charge in [-0.2, -0.15) is 0 Å². The molecule has 4 heteroatoms. The molecule has 1 amide bonds. The number of carbonyl (C=O) groups is 1. The van der Waals surface area contributed by atoms with Crippen LogP contribution in [0.25, 0.3) is 0 Å². The molecule has 0 spiro atoms. The van der Waals surface area contributed by atoms with Crippen molar-refractivity contribution in [1.29, 1.82) is 0 Å². The van der Waals surface area contributed by atoms with E-state index in [0.29, 0.717) is 6.42 Å². The molecule has 2 saturated heterocycles. The van der Waals surface area contributed by atoms with E-state index in [1.54, 1.807) is 0 Å². The summed E-state index contributed by atoms with van der Waals surface area (Å²) in [6.45, 7) is 4.35. The zero-order chi connectivity index (χ0) is 12.4. The molecule has 0 radical (unpaired) electrons. The fourth-order valence-electron chi connectivity index (χ4n) is 2.59. The third-order valence-corrected chi connectivity index (χ3v) is 3.61. The normalized spacial score (nSPS) is 20.6. The average molecular weight is 246 g/mol. The van der Waals surface area contributed by atoms with Gasteiger partial charge in [-0.1, -0.05) is 0 Å². The van der Waals surface area contributed by atoms with Crippen molar-refractivity contribution in [2.75, 3.05) is 42.6 Å². The van der Waals surface area contributed by atoms with Gasteiger partial charge in [0.15, 0.2) is 0 Å². The van der Waals surface area contributed by atoms with E-state index in [2.05, 4.69) is 17.0 Å². The Morgan fingerprint density at radius 2 is 1.61 bits per heavy atom. The molecule has 0 aromatic heterocycles. The lowest BCUT2D eigenvalue weighted by molar-refractivity contribution is -0.117. The number of ether oxygens (including phenoxy) is 1. The molecule has 2 aliphatic heterocycles. The first-order valence-electron chi connectivity index (χ1n) is 6.58. The SMILES string of the molecule is O=C1CCCN1c1ccc(N2CCOCC2)cc1. The van der Waals surface area contributed by atoms with Crippen molar-refractivity contribution in [2.45, 2.75) is 12.8 Å². The summed E-state index contributed by atoms with van der Waals surface area (Å²) in [7, 11) is 0. The molecule has 1 aromatic carbocycles. The first-order chi connectivity index (χ1) is 8.84. The summed E-state index contributed by atoms with van der Waals surface area (Å²) in [5.41, 5.74) is 2.24. The quantitative estimate of drug-likeness (QED) is 0.795. The highest BCUT2D eigenvalue weighted by molar-refractivity contribution is 5.95. The van der Waals surface area contributed by atoms with Crippen LogP contribution in [0.1, 0.15) is 12.8 Å². The predicted molar refractivity (Wildman–Crippen MR) is 71.1 cm³/mol. The molecular formula is C14H18N2O2. The Kier molecular flexibility index (Phi) is 3.19. The molecule has 4 nitrogen and oxygen atoms in total. The van der Waals surface area contributed by atoms with Crippen molar-refractivity contribution in [3.05, 3.63) is 24.3 Å². The van der Waals surface area contributed by atoms with Gasteiger partial charge in [0, 0.05) is 37.4 Å². The summed E-state index contributed by atoms with van der Waals surface area (Å²) in [6.07, 6.45) is 1.66. The minimum Gasteiger partial charge on any atom is -0.378 e. The number of hydrogen-bond donors (Lipinski definition) is 0. The molecule has 1 aromatic rings. The summed E-state index contributed by atoms with van der Waals surface area (Å²) in [6, 6.07) is 8.31. The van der Waals surface area contributed by atoms with Gasteiger partial charge in [0.2, 0.25) is 5.91 Å². The topological polar surface area (TPSA) is 32.8 Å². The van der Waals surface area contributed by atoms with Crippen LogP contribution in [0.3, 0.4) is 0 Å². The lowest BCUT2D eigenvalue weighted by Gasteiger charge is -2.29. The van der Waals surface area contributed by atoms with Gasteiger partial charge in [0.1, 0.15) is 0 Å². The maximum atomic E-state index is 11.7. The Morgan fingerprint density at radius 1 is 0.944 bits per heavy atom. The summed E-state index contributed by atoms with van der Waals surface area (Å²) in [5, 5.41) is 0. The summed E-state index contributed by atoms with van der Waals surface area (Å²) in [5.74, 6) is 0.245. The third kappa shape index (κ3) is 2.20. The van der Waals surface area contributed by atoms with Crippen LogP contribution >= 0.6 is 0 Å². The van der Waals surface area contributed by atoms with Crippen LogP contribution in [0.15, 0.2) is 24.3 Å². The fraction of sp³-hybridized carbons (Fsp3) is 0.500. The van der Waals surface area contributed by atoms with Gasteiger partial charge in [0.05, 0.1) is 13.2 Å². The Labute approximate surface area is 107 Å². The van der Waals surface area contributed by atoms with E-state index in [1.165, 1.54) is 5.69 Å². The average Bonchev–Trinajstić information content (AvgIpc) is 2.86. The van der Waals surface area contributed by atoms with Gasteiger partial charge in [0.25, 0.3) is 0 Å². The van der Waals surface area contributed by atoms with Crippen LogP contribution in [0.5, 0.6) is 0 Å². The molecule has 3 rings (SSSR count). The van der Waals surface area contributed by atoms with Crippen molar-refractivity contribution >= 4 is 17.3 Å². The van der Waals surface area contributed by atoms with Crippen LogP contribution in [0.4, 0.5) is 11.4 Å². The van der Waals surface area contributed by atoms with Gasteiger partial charge >= 0.3 is 0 Å². The number of nitrogens with zero attached hydrogens (tertiary/aromatic N) is 2. The Hall–Kier alpha value is -1.55. The van der Waals surface area contributed by atoms with E-state index in [0.717, 1.165) is 45.0 Å². The van der Waals surface area contributed by atoms with Gasteiger partial charge in [-0.25, -0.2) is 0 Å². The molecule has 0 N–H and O–H groups in total. The predicted octanol–water partition coefficient (Wildman–Crippen LogP) is 1.65. The van der Waals surface area contributed by atoms with E-state index >= 15 is 0 Å². The summed E-state index contributed by atoms with van der Waals surface area (Å²) >= 11 is 0. The molecular weight excluding hydrogens is 228 g/mol. The molecule has 18 heavy (non-hydrogen) atoms. The van der Waals surface area contributed by atoms with E-state index in [-0.39, 0.29) is 5.91 Å². The number of anilines is 2. The van der Waals surface area contributed by atoms with Crippen molar-refractivity contribution in [3.63, 3.8) is 0 Å². The summed E-state index contributed by atoms with van der Waals surface area (Å²) < 4.78 is 5.35. The van der Waals surface area contributed by atoms with E-state index in [4.69, 9.17) is 4.74 Å². The number of hydrogen-bond acceptors (Lipinski definition) is 3. The van der Waals surface area contributed by atoms with Crippen LogP contribution in [-0.4, -0.2) is 38.8 Å². The second kappa shape index (κ2) is 4.98. The van der Waals surface area contributed by atoms with E-state index < -0.39 is 0 Å². The number of morpholine rings is 1. The van der Waals surface area contributed by atoms with Crippen LogP contribution in [-0.2, 0) is 9.53 Å². The number of rotatable bonds is 2. The molecule has 0 bridgehead atoms. The van der Waals surface area contributed by atoms with Crippen LogP contribution < -0.4 is 9.80 Å². The second-order valence-electron chi connectivity index (χ2n) is 4.76. The third-order valence-electron chi connectivity index (χ3n) is 3.61. The molecule has 96 valence electrons.